The van der Waals surface area contributed by atoms with E-state index >= 15 is 0 Å². The van der Waals surface area contributed by atoms with Crippen molar-refractivity contribution in [2.24, 2.45) is 0 Å². The molecule has 0 aliphatic rings. The van der Waals surface area contributed by atoms with Crippen LogP contribution in [-0.2, 0) is 0 Å². The van der Waals surface area contributed by atoms with E-state index in [1.54, 1.807) is 7.11 Å². The average molecular weight is 285 g/mol. The Kier molecular flexibility index (Phi) is 3.28. The molecule has 2 aromatic carbocycles. The standard InChI is InChI=1S/C16H13ClN2O/c1-10-3-8-13-14(9-10)16(17)19-18-15(13)11-4-6-12(20-2)7-5-11/h3-9H,1-2H3. The maximum absolute atomic E-state index is 6.14. The first kappa shape index (κ1) is 12.9. The van der Waals surface area contributed by atoms with Gasteiger partial charge in [-0.2, -0.15) is 0 Å². The van der Waals surface area contributed by atoms with Gasteiger partial charge >= 0.3 is 0 Å². The zero-order chi connectivity index (χ0) is 14.1. The van der Waals surface area contributed by atoms with Gasteiger partial charge in [-0.15, -0.1) is 10.2 Å². The van der Waals surface area contributed by atoms with Crippen molar-refractivity contribution in [1.82, 2.24) is 10.2 Å². The lowest BCUT2D eigenvalue weighted by atomic mass is 10.0. The lowest BCUT2D eigenvalue weighted by Crippen LogP contribution is -1.92. The second-order valence-electron chi connectivity index (χ2n) is 4.62. The van der Waals surface area contributed by atoms with Crippen molar-refractivity contribution in [3.8, 4) is 17.0 Å². The molecule has 3 aromatic rings. The highest BCUT2D eigenvalue weighted by Crippen LogP contribution is 2.30. The summed E-state index contributed by atoms with van der Waals surface area (Å²) in [6, 6.07) is 13.9. The number of methoxy groups -OCH3 is 1. The lowest BCUT2D eigenvalue weighted by molar-refractivity contribution is 0.415. The van der Waals surface area contributed by atoms with Gasteiger partial charge in [0.2, 0.25) is 0 Å². The van der Waals surface area contributed by atoms with E-state index < -0.39 is 0 Å². The van der Waals surface area contributed by atoms with Gasteiger partial charge < -0.3 is 4.74 Å². The minimum absolute atomic E-state index is 0.431. The normalized spacial score (nSPS) is 10.8. The van der Waals surface area contributed by atoms with Gasteiger partial charge in [0.05, 0.1) is 7.11 Å². The summed E-state index contributed by atoms with van der Waals surface area (Å²) in [5, 5.41) is 10.6. The van der Waals surface area contributed by atoms with Gasteiger partial charge in [-0.1, -0.05) is 29.3 Å². The number of rotatable bonds is 2. The molecule has 0 bridgehead atoms. The van der Waals surface area contributed by atoms with Gasteiger partial charge in [0, 0.05) is 16.3 Å². The predicted octanol–water partition coefficient (Wildman–Crippen LogP) is 4.27. The van der Waals surface area contributed by atoms with Crippen molar-refractivity contribution in [3.05, 3.63) is 53.2 Å². The van der Waals surface area contributed by atoms with Crippen LogP contribution in [0.4, 0.5) is 0 Å². The smallest absolute Gasteiger partial charge is 0.159 e. The number of fused-ring (bicyclic) bond motifs is 1. The van der Waals surface area contributed by atoms with Crippen LogP contribution in [0.25, 0.3) is 22.0 Å². The molecule has 0 fully saturated rings. The fourth-order valence-corrected chi connectivity index (χ4v) is 2.39. The fraction of sp³-hybridized carbons (Fsp3) is 0.125. The Morgan fingerprint density at radius 2 is 1.70 bits per heavy atom. The molecular formula is C16H13ClN2O. The molecule has 4 heteroatoms. The highest BCUT2D eigenvalue weighted by atomic mass is 35.5. The molecule has 0 saturated carbocycles. The van der Waals surface area contributed by atoms with E-state index in [1.165, 1.54) is 0 Å². The van der Waals surface area contributed by atoms with E-state index in [1.807, 2.05) is 49.4 Å². The van der Waals surface area contributed by atoms with Crippen LogP contribution < -0.4 is 4.74 Å². The third-order valence-electron chi connectivity index (χ3n) is 3.25. The number of halogens is 1. The van der Waals surface area contributed by atoms with E-state index in [-0.39, 0.29) is 0 Å². The number of aromatic nitrogens is 2. The molecule has 0 aliphatic heterocycles. The third-order valence-corrected chi connectivity index (χ3v) is 3.53. The summed E-state index contributed by atoms with van der Waals surface area (Å²) in [5.74, 6) is 0.816. The van der Waals surface area contributed by atoms with E-state index in [4.69, 9.17) is 16.3 Å². The van der Waals surface area contributed by atoms with Crippen molar-refractivity contribution >= 4 is 22.4 Å². The molecule has 0 radical (unpaired) electrons. The minimum Gasteiger partial charge on any atom is -0.497 e. The van der Waals surface area contributed by atoms with Crippen LogP contribution in [0.1, 0.15) is 5.56 Å². The number of aryl methyl sites for hydroxylation is 1. The van der Waals surface area contributed by atoms with Crippen LogP contribution in [0.3, 0.4) is 0 Å². The molecule has 0 atom stereocenters. The zero-order valence-corrected chi connectivity index (χ0v) is 12.0. The molecule has 0 N–H and O–H groups in total. The molecule has 0 aliphatic carbocycles. The summed E-state index contributed by atoms with van der Waals surface area (Å²) in [5.41, 5.74) is 2.96. The summed E-state index contributed by atoms with van der Waals surface area (Å²) in [7, 11) is 1.65. The van der Waals surface area contributed by atoms with Crippen LogP contribution >= 0.6 is 11.6 Å². The number of ether oxygens (including phenoxy) is 1. The van der Waals surface area contributed by atoms with Gasteiger partial charge in [0.15, 0.2) is 5.15 Å². The van der Waals surface area contributed by atoms with Crippen LogP contribution in [0, 0.1) is 6.92 Å². The summed E-state index contributed by atoms with van der Waals surface area (Å²) < 4.78 is 5.17. The van der Waals surface area contributed by atoms with Crippen LogP contribution in [-0.4, -0.2) is 17.3 Å². The van der Waals surface area contributed by atoms with E-state index in [0.29, 0.717) is 5.15 Å². The molecule has 3 nitrogen and oxygen atoms in total. The van der Waals surface area contributed by atoms with Crippen molar-refractivity contribution in [1.29, 1.82) is 0 Å². The first-order chi connectivity index (χ1) is 9.69. The molecule has 3 rings (SSSR count). The first-order valence-corrected chi connectivity index (χ1v) is 6.64. The Morgan fingerprint density at radius 3 is 2.40 bits per heavy atom. The Balaban J connectivity index is 2.22. The van der Waals surface area contributed by atoms with Crippen molar-refractivity contribution < 1.29 is 4.74 Å². The number of hydrogen-bond acceptors (Lipinski definition) is 3. The summed E-state index contributed by atoms with van der Waals surface area (Å²) >= 11 is 6.14. The summed E-state index contributed by atoms with van der Waals surface area (Å²) in [6.45, 7) is 2.03. The highest BCUT2D eigenvalue weighted by molar-refractivity contribution is 6.34. The Morgan fingerprint density at radius 1 is 0.950 bits per heavy atom. The molecule has 20 heavy (non-hydrogen) atoms. The molecule has 0 amide bonds. The number of nitrogens with zero attached hydrogens (tertiary/aromatic N) is 2. The van der Waals surface area contributed by atoms with Gasteiger partial charge in [0.1, 0.15) is 11.4 Å². The van der Waals surface area contributed by atoms with Gasteiger partial charge in [-0.3, -0.25) is 0 Å². The molecule has 0 spiro atoms. The van der Waals surface area contributed by atoms with Crippen molar-refractivity contribution in [2.75, 3.05) is 7.11 Å². The van der Waals surface area contributed by atoms with Crippen molar-refractivity contribution in [2.45, 2.75) is 6.92 Å². The fourth-order valence-electron chi connectivity index (χ4n) is 2.20. The Bertz CT molecular complexity index is 769. The number of benzene rings is 2. The predicted molar refractivity (Wildman–Crippen MR) is 81.3 cm³/mol. The molecular weight excluding hydrogens is 272 g/mol. The van der Waals surface area contributed by atoms with Gasteiger partial charge in [-0.25, -0.2) is 0 Å². The minimum atomic E-state index is 0.431. The monoisotopic (exact) mass is 284 g/mol. The van der Waals surface area contributed by atoms with E-state index in [2.05, 4.69) is 10.2 Å². The van der Waals surface area contributed by atoms with Crippen LogP contribution in [0.2, 0.25) is 5.15 Å². The molecule has 100 valence electrons. The summed E-state index contributed by atoms with van der Waals surface area (Å²) in [4.78, 5) is 0. The summed E-state index contributed by atoms with van der Waals surface area (Å²) in [6.07, 6.45) is 0. The van der Waals surface area contributed by atoms with E-state index in [9.17, 15) is 0 Å². The number of hydrogen-bond donors (Lipinski definition) is 0. The largest absolute Gasteiger partial charge is 0.497 e. The maximum atomic E-state index is 6.14. The quantitative estimate of drug-likeness (QED) is 0.705. The van der Waals surface area contributed by atoms with E-state index in [0.717, 1.165) is 33.3 Å². The maximum Gasteiger partial charge on any atom is 0.159 e. The second-order valence-corrected chi connectivity index (χ2v) is 4.97. The Labute approximate surface area is 122 Å². The molecule has 0 unspecified atom stereocenters. The second kappa shape index (κ2) is 5.10. The first-order valence-electron chi connectivity index (χ1n) is 6.26. The van der Waals surface area contributed by atoms with Crippen LogP contribution in [0.15, 0.2) is 42.5 Å². The van der Waals surface area contributed by atoms with Gasteiger partial charge in [-0.05, 0) is 37.3 Å². The SMILES string of the molecule is COc1ccc(-c2nnc(Cl)c3cc(C)ccc23)cc1. The van der Waals surface area contributed by atoms with Gasteiger partial charge in [0.25, 0.3) is 0 Å². The molecule has 1 aromatic heterocycles. The van der Waals surface area contributed by atoms with Crippen molar-refractivity contribution in [3.63, 3.8) is 0 Å². The zero-order valence-electron chi connectivity index (χ0n) is 11.2. The average Bonchev–Trinajstić information content (AvgIpc) is 2.48. The molecule has 0 saturated heterocycles. The highest BCUT2D eigenvalue weighted by Gasteiger charge is 2.10. The lowest BCUT2D eigenvalue weighted by Gasteiger charge is -2.08. The Hall–Kier alpha value is -2.13. The third kappa shape index (κ3) is 2.21. The van der Waals surface area contributed by atoms with Crippen LogP contribution in [0.5, 0.6) is 5.75 Å². The molecule has 1 heterocycles. The topological polar surface area (TPSA) is 35.0 Å².